The molecule has 2 amide bonds. The number of rotatable bonds is 2. The van der Waals surface area contributed by atoms with E-state index in [1.54, 1.807) is 84.1 Å². The fourth-order valence-corrected chi connectivity index (χ4v) is 5.48. The first-order valence-electron chi connectivity index (χ1n) is 13.0. The van der Waals surface area contributed by atoms with Gasteiger partial charge in [-0.2, -0.15) is 0 Å². The molecule has 11 heteroatoms. The quantitative estimate of drug-likeness (QED) is 0.287. The minimum atomic E-state index is -3.45. The van der Waals surface area contributed by atoms with E-state index in [1.807, 2.05) is 0 Å². The van der Waals surface area contributed by atoms with Gasteiger partial charge in [-0.05, 0) is 59.7 Å². The van der Waals surface area contributed by atoms with Crippen molar-refractivity contribution in [1.29, 1.82) is 0 Å². The van der Waals surface area contributed by atoms with Gasteiger partial charge in [-0.25, -0.2) is 27.5 Å². The molecule has 0 fully saturated rings. The number of hydrogen-bond acceptors (Lipinski definition) is 8. The van der Waals surface area contributed by atoms with E-state index in [1.165, 1.54) is 10.6 Å². The molecule has 214 valence electrons. The summed E-state index contributed by atoms with van der Waals surface area (Å²) in [5.41, 5.74) is 0.364. The lowest BCUT2D eigenvalue weighted by Gasteiger charge is -2.24. The zero-order valence-corrected chi connectivity index (χ0v) is 24.8. The van der Waals surface area contributed by atoms with Crippen molar-refractivity contribution in [2.45, 2.75) is 64.2 Å². The molecule has 0 unspecified atom stereocenters. The summed E-state index contributed by atoms with van der Waals surface area (Å²) >= 11 is 0. The molecule has 0 saturated carbocycles. The fourth-order valence-electron chi connectivity index (χ4n) is 4.81. The molecule has 1 aliphatic heterocycles. The largest absolute Gasteiger partial charge is 0.443 e. The number of carbonyl (C=O) groups is 3. The molecule has 0 N–H and O–H groups in total. The van der Waals surface area contributed by atoms with Crippen LogP contribution in [0.15, 0.2) is 53.6 Å². The van der Waals surface area contributed by atoms with Crippen molar-refractivity contribution >= 4 is 49.6 Å². The van der Waals surface area contributed by atoms with Crippen molar-refractivity contribution in [1.82, 2.24) is 14.5 Å². The van der Waals surface area contributed by atoms with Crippen LogP contribution in [-0.4, -0.2) is 58.4 Å². The number of ether oxygens (including phenoxy) is 2. The Hall–Kier alpha value is -4.25. The Kier molecular flexibility index (Phi) is 6.49. The Morgan fingerprint density at radius 2 is 1.56 bits per heavy atom. The van der Waals surface area contributed by atoms with E-state index in [0.717, 1.165) is 11.2 Å². The molecule has 0 aliphatic carbocycles. The predicted molar refractivity (Wildman–Crippen MR) is 154 cm³/mol. The highest BCUT2D eigenvalue weighted by atomic mass is 32.2. The summed E-state index contributed by atoms with van der Waals surface area (Å²) in [4.78, 5) is 45.8. The van der Waals surface area contributed by atoms with E-state index in [-0.39, 0.29) is 17.0 Å². The Bertz CT molecular complexity index is 1880. The molecule has 0 saturated heterocycles. The van der Waals surface area contributed by atoms with Crippen LogP contribution >= 0.6 is 0 Å². The normalized spacial score (nSPS) is 14.0. The topological polar surface area (TPSA) is 125 Å². The van der Waals surface area contributed by atoms with Gasteiger partial charge in [0.1, 0.15) is 11.2 Å². The second-order valence-corrected chi connectivity index (χ2v) is 14.1. The summed E-state index contributed by atoms with van der Waals surface area (Å²) < 4.78 is 36.8. The molecule has 5 rings (SSSR count). The number of nitrogens with zero attached hydrogens (tertiary/aromatic N) is 3. The number of amides is 2. The van der Waals surface area contributed by atoms with Crippen molar-refractivity contribution < 1.29 is 32.3 Å². The van der Waals surface area contributed by atoms with Crippen LogP contribution in [0.25, 0.3) is 32.9 Å². The maximum absolute atomic E-state index is 13.7. The van der Waals surface area contributed by atoms with Gasteiger partial charge in [0.25, 0.3) is 5.91 Å². The molecule has 0 bridgehead atoms. The maximum Gasteiger partial charge on any atom is 0.419 e. The van der Waals surface area contributed by atoms with E-state index in [9.17, 15) is 22.8 Å². The van der Waals surface area contributed by atoms with Gasteiger partial charge in [-0.1, -0.05) is 24.3 Å². The maximum atomic E-state index is 13.7. The van der Waals surface area contributed by atoms with Crippen LogP contribution in [0.5, 0.6) is 0 Å². The highest BCUT2D eigenvalue weighted by molar-refractivity contribution is 7.90. The van der Waals surface area contributed by atoms with Crippen LogP contribution in [0.1, 0.15) is 57.6 Å². The minimum Gasteiger partial charge on any atom is -0.443 e. The first kappa shape index (κ1) is 28.3. The smallest absolute Gasteiger partial charge is 0.419 e. The first-order valence-corrected chi connectivity index (χ1v) is 14.9. The van der Waals surface area contributed by atoms with E-state index in [0.29, 0.717) is 38.6 Å². The summed E-state index contributed by atoms with van der Waals surface area (Å²) in [5, 5.41) is 1.77. The highest BCUT2D eigenvalue weighted by Gasteiger charge is 2.41. The third-order valence-corrected chi connectivity index (χ3v) is 7.55. The second-order valence-electron chi connectivity index (χ2n) is 12.1. The van der Waals surface area contributed by atoms with Crippen molar-refractivity contribution in [3.8, 4) is 11.3 Å². The lowest BCUT2D eigenvalue weighted by molar-refractivity contribution is 0.0241. The molecule has 0 spiro atoms. The van der Waals surface area contributed by atoms with E-state index in [2.05, 4.69) is 4.98 Å². The summed E-state index contributed by atoms with van der Waals surface area (Å²) in [6.07, 6.45) is 1.26. The number of pyridine rings is 1. The summed E-state index contributed by atoms with van der Waals surface area (Å²) in [6.45, 7) is 10.2. The average molecular weight is 578 g/mol. The molecule has 10 nitrogen and oxygen atoms in total. The molecule has 1 aliphatic rings. The lowest BCUT2D eigenvalue weighted by atomic mass is 10.0. The number of hydrogen-bond donors (Lipinski definition) is 0. The Morgan fingerprint density at radius 3 is 2.20 bits per heavy atom. The zero-order valence-electron chi connectivity index (χ0n) is 23.9. The van der Waals surface area contributed by atoms with Gasteiger partial charge in [0.15, 0.2) is 9.84 Å². The van der Waals surface area contributed by atoms with Crippen LogP contribution < -0.4 is 0 Å². The van der Waals surface area contributed by atoms with E-state index >= 15 is 0 Å². The second kappa shape index (κ2) is 9.41. The van der Waals surface area contributed by atoms with Crippen molar-refractivity contribution in [2.24, 2.45) is 0 Å². The highest BCUT2D eigenvalue weighted by Crippen LogP contribution is 2.39. The van der Waals surface area contributed by atoms with Gasteiger partial charge >= 0.3 is 12.2 Å². The predicted octanol–water partition coefficient (Wildman–Crippen LogP) is 5.93. The molecule has 4 aromatic rings. The number of carbonyl (C=O) groups excluding carboxylic acids is 3. The van der Waals surface area contributed by atoms with Gasteiger partial charge in [0, 0.05) is 34.2 Å². The third kappa shape index (κ3) is 5.29. The number of sulfone groups is 1. The standard InChI is InChI=1S/C30H31N3O7S/c1-29(2,3)39-27(35)32-16-23-24(26(32)34)20-12-11-18-15-31-22(17-9-8-10-19(13-17)41(7,37)38)14-21(18)25(20)33(23)28(36)40-30(4,5)6/h8-15H,16H2,1-7H3. The molecule has 0 atom stereocenters. The monoisotopic (exact) mass is 577 g/mol. The van der Waals surface area contributed by atoms with Crippen LogP contribution in [0.3, 0.4) is 0 Å². The molecule has 41 heavy (non-hydrogen) atoms. The SMILES string of the molecule is CC(C)(C)OC(=O)N1Cc2c(c3ccc4cnc(-c5cccc(S(C)(=O)=O)c5)cc4c3n2C(=O)OC(C)(C)C)C1=O. The van der Waals surface area contributed by atoms with E-state index < -0.39 is 39.1 Å². The fraction of sp³-hybridized carbons (Fsp3) is 0.333. The molecular weight excluding hydrogens is 546 g/mol. The molecular formula is C30H31N3O7S. The summed E-state index contributed by atoms with van der Waals surface area (Å²) in [6, 6.07) is 11.7. The number of imide groups is 1. The summed E-state index contributed by atoms with van der Waals surface area (Å²) in [5.74, 6) is -0.573. The molecule has 2 aromatic heterocycles. The first-order chi connectivity index (χ1) is 18.9. The lowest BCUT2D eigenvalue weighted by Crippen LogP contribution is -2.37. The van der Waals surface area contributed by atoms with Crippen molar-refractivity contribution in [2.75, 3.05) is 6.26 Å². The van der Waals surface area contributed by atoms with Gasteiger partial charge in [0.2, 0.25) is 0 Å². The molecule has 3 heterocycles. The van der Waals surface area contributed by atoms with Crippen LogP contribution in [0.2, 0.25) is 0 Å². The van der Waals surface area contributed by atoms with Crippen LogP contribution in [0, 0.1) is 0 Å². The Balaban J connectivity index is 1.75. The average Bonchev–Trinajstić information content (AvgIpc) is 3.36. The van der Waals surface area contributed by atoms with Gasteiger partial charge in [0.05, 0.1) is 33.9 Å². The van der Waals surface area contributed by atoms with E-state index in [4.69, 9.17) is 9.47 Å². The van der Waals surface area contributed by atoms with Crippen molar-refractivity contribution in [3.63, 3.8) is 0 Å². The number of fused-ring (bicyclic) bond motifs is 5. The third-order valence-electron chi connectivity index (χ3n) is 6.44. The Labute approximate surface area is 237 Å². The van der Waals surface area contributed by atoms with Crippen molar-refractivity contribution in [3.05, 3.63) is 59.9 Å². The van der Waals surface area contributed by atoms with Gasteiger partial charge < -0.3 is 9.47 Å². The van der Waals surface area contributed by atoms with Gasteiger partial charge in [-0.15, -0.1) is 0 Å². The molecule has 0 radical (unpaired) electrons. The summed E-state index contributed by atoms with van der Waals surface area (Å²) in [7, 11) is -3.45. The number of aromatic nitrogens is 2. The zero-order chi connectivity index (χ0) is 30.1. The van der Waals surface area contributed by atoms with Gasteiger partial charge in [-0.3, -0.25) is 9.78 Å². The minimum absolute atomic E-state index is 0.152. The number of benzene rings is 2. The van der Waals surface area contributed by atoms with Crippen LogP contribution in [-0.2, 0) is 25.9 Å². The Morgan fingerprint density at radius 1 is 0.902 bits per heavy atom. The van der Waals surface area contributed by atoms with Crippen LogP contribution in [0.4, 0.5) is 9.59 Å². The molecule has 2 aromatic carbocycles.